The number of nitrogens with one attached hydrogen (secondary N) is 1. The van der Waals surface area contributed by atoms with E-state index in [0.717, 1.165) is 24.4 Å². The van der Waals surface area contributed by atoms with Gasteiger partial charge in [0.15, 0.2) is 5.82 Å². The molecule has 0 saturated carbocycles. The molecule has 3 aromatic rings. The Bertz CT molecular complexity index is 765. The van der Waals surface area contributed by atoms with E-state index < -0.39 is 0 Å². The van der Waals surface area contributed by atoms with Crippen molar-refractivity contribution in [2.45, 2.75) is 12.8 Å². The lowest BCUT2D eigenvalue weighted by molar-refractivity contribution is 0.424. The molecule has 1 aliphatic heterocycles. The summed E-state index contributed by atoms with van der Waals surface area (Å²) < 4.78 is 5.40. The molecule has 0 bridgehead atoms. The third-order valence-corrected chi connectivity index (χ3v) is 3.74. The van der Waals surface area contributed by atoms with E-state index in [9.17, 15) is 0 Å². The van der Waals surface area contributed by atoms with Crippen LogP contribution in [0.15, 0.2) is 53.1 Å². The summed E-state index contributed by atoms with van der Waals surface area (Å²) >= 11 is 0. The molecule has 0 amide bonds. The molecule has 4 rings (SSSR count). The molecular formula is C17H15N3O. The lowest BCUT2D eigenvalue weighted by Gasteiger charge is -2.00. The zero-order chi connectivity index (χ0) is 14.1. The van der Waals surface area contributed by atoms with Gasteiger partial charge in [0, 0.05) is 24.2 Å². The van der Waals surface area contributed by atoms with Crippen molar-refractivity contribution in [1.29, 1.82) is 0 Å². The van der Waals surface area contributed by atoms with E-state index in [1.807, 2.05) is 24.3 Å². The van der Waals surface area contributed by atoms with Gasteiger partial charge in [-0.25, -0.2) is 0 Å². The summed E-state index contributed by atoms with van der Waals surface area (Å²) in [6.07, 6.45) is 1.74. The third-order valence-electron chi connectivity index (χ3n) is 3.74. The first-order valence-electron chi connectivity index (χ1n) is 7.12. The van der Waals surface area contributed by atoms with Crippen LogP contribution >= 0.6 is 0 Å². The minimum Gasteiger partial charge on any atom is -0.384 e. The van der Waals surface area contributed by atoms with Crippen LogP contribution < -0.4 is 5.32 Å². The number of aromatic nitrogens is 2. The van der Waals surface area contributed by atoms with Crippen LogP contribution in [0.5, 0.6) is 0 Å². The third kappa shape index (κ3) is 2.40. The maximum absolute atomic E-state index is 5.40. The van der Waals surface area contributed by atoms with Gasteiger partial charge in [-0.2, -0.15) is 4.98 Å². The molecule has 1 N–H and O–H groups in total. The summed E-state index contributed by atoms with van der Waals surface area (Å²) in [5, 5.41) is 7.43. The van der Waals surface area contributed by atoms with Crippen LogP contribution in [-0.4, -0.2) is 16.7 Å². The van der Waals surface area contributed by atoms with Gasteiger partial charge in [-0.3, -0.25) is 0 Å². The molecule has 1 aliphatic rings. The molecule has 0 unspecified atom stereocenters. The molecule has 1 aromatic heterocycles. The van der Waals surface area contributed by atoms with Crippen molar-refractivity contribution in [2.24, 2.45) is 0 Å². The van der Waals surface area contributed by atoms with E-state index in [-0.39, 0.29) is 0 Å². The number of rotatable bonds is 3. The maximum atomic E-state index is 5.40. The minimum absolute atomic E-state index is 0.593. The summed E-state index contributed by atoms with van der Waals surface area (Å²) in [5.41, 5.74) is 4.70. The molecule has 2 aromatic carbocycles. The molecule has 0 fully saturated rings. The predicted molar refractivity (Wildman–Crippen MR) is 81.2 cm³/mol. The highest BCUT2D eigenvalue weighted by molar-refractivity contribution is 5.65. The summed E-state index contributed by atoms with van der Waals surface area (Å²) in [6, 6.07) is 16.4. The molecular weight excluding hydrogens is 262 g/mol. The van der Waals surface area contributed by atoms with Crippen LogP contribution in [0.25, 0.3) is 11.5 Å². The second-order valence-corrected chi connectivity index (χ2v) is 5.23. The van der Waals surface area contributed by atoms with Crippen molar-refractivity contribution in [2.75, 3.05) is 11.9 Å². The largest absolute Gasteiger partial charge is 0.384 e. The molecule has 4 heteroatoms. The lowest BCUT2D eigenvalue weighted by atomic mass is 10.1. The van der Waals surface area contributed by atoms with Crippen LogP contribution in [0.1, 0.15) is 17.0 Å². The van der Waals surface area contributed by atoms with E-state index in [4.69, 9.17) is 4.52 Å². The average Bonchev–Trinajstić information content (AvgIpc) is 3.16. The van der Waals surface area contributed by atoms with Gasteiger partial charge in [-0.05, 0) is 35.7 Å². The zero-order valence-corrected chi connectivity index (χ0v) is 11.5. The molecule has 21 heavy (non-hydrogen) atoms. The highest BCUT2D eigenvalue weighted by atomic mass is 16.5. The van der Waals surface area contributed by atoms with Gasteiger partial charge in [0.05, 0.1) is 0 Å². The van der Waals surface area contributed by atoms with Crippen LogP contribution in [0, 0.1) is 0 Å². The van der Waals surface area contributed by atoms with Gasteiger partial charge in [-0.1, -0.05) is 35.5 Å². The van der Waals surface area contributed by atoms with E-state index in [1.165, 1.54) is 16.8 Å². The Balaban J connectivity index is 1.59. The van der Waals surface area contributed by atoms with E-state index >= 15 is 0 Å². The highest BCUT2D eigenvalue weighted by Gasteiger charge is 2.14. The van der Waals surface area contributed by atoms with Crippen molar-refractivity contribution in [3.8, 4) is 11.5 Å². The van der Waals surface area contributed by atoms with Crippen molar-refractivity contribution < 1.29 is 4.52 Å². The first-order chi connectivity index (χ1) is 10.4. The number of anilines is 1. The molecule has 2 heterocycles. The zero-order valence-electron chi connectivity index (χ0n) is 11.5. The summed E-state index contributed by atoms with van der Waals surface area (Å²) in [7, 11) is 0. The van der Waals surface area contributed by atoms with Crippen LogP contribution in [0.2, 0.25) is 0 Å². The minimum atomic E-state index is 0.593. The Morgan fingerprint density at radius 2 is 2.00 bits per heavy atom. The number of fused-ring (bicyclic) bond motifs is 1. The topological polar surface area (TPSA) is 51.0 Å². The highest BCUT2D eigenvalue weighted by Crippen LogP contribution is 2.27. The average molecular weight is 277 g/mol. The second-order valence-electron chi connectivity index (χ2n) is 5.23. The molecule has 0 atom stereocenters. The Morgan fingerprint density at radius 1 is 1.10 bits per heavy atom. The molecule has 0 saturated heterocycles. The number of hydrogen-bond acceptors (Lipinski definition) is 4. The van der Waals surface area contributed by atoms with Gasteiger partial charge in [0.25, 0.3) is 5.89 Å². The van der Waals surface area contributed by atoms with E-state index in [1.54, 1.807) is 0 Å². The first-order valence-corrected chi connectivity index (χ1v) is 7.12. The van der Waals surface area contributed by atoms with Gasteiger partial charge in [-0.15, -0.1) is 0 Å². The van der Waals surface area contributed by atoms with Crippen molar-refractivity contribution >= 4 is 5.69 Å². The normalized spacial score (nSPS) is 13.0. The Kier molecular flexibility index (Phi) is 2.92. The van der Waals surface area contributed by atoms with Gasteiger partial charge in [0.2, 0.25) is 0 Å². The Morgan fingerprint density at radius 3 is 2.90 bits per heavy atom. The summed E-state index contributed by atoms with van der Waals surface area (Å²) in [6.45, 7) is 1.00. The number of hydrogen-bond donors (Lipinski definition) is 1. The van der Waals surface area contributed by atoms with Crippen LogP contribution in [0.3, 0.4) is 0 Å². The fourth-order valence-electron chi connectivity index (χ4n) is 2.66. The molecule has 0 aliphatic carbocycles. The van der Waals surface area contributed by atoms with Crippen molar-refractivity contribution in [3.63, 3.8) is 0 Å². The first kappa shape index (κ1) is 12.1. The number of benzene rings is 2. The number of nitrogens with zero attached hydrogens (tertiary/aromatic N) is 2. The van der Waals surface area contributed by atoms with Gasteiger partial charge >= 0.3 is 0 Å². The molecule has 0 spiro atoms. The fourth-order valence-corrected chi connectivity index (χ4v) is 2.66. The van der Waals surface area contributed by atoms with E-state index in [0.29, 0.717) is 12.3 Å². The molecule has 104 valence electrons. The maximum Gasteiger partial charge on any atom is 0.257 e. The lowest BCUT2D eigenvalue weighted by Crippen LogP contribution is -1.90. The standard InChI is InChI=1S/C17H15N3O/c1-2-4-12(5-3-1)10-16-19-17(21-20-16)14-6-7-15-13(11-14)8-9-18-15/h1-7,11,18H,8-10H2. The van der Waals surface area contributed by atoms with Gasteiger partial charge in [0.1, 0.15) is 0 Å². The Labute approximate surface area is 122 Å². The van der Waals surface area contributed by atoms with Crippen LogP contribution in [-0.2, 0) is 12.8 Å². The van der Waals surface area contributed by atoms with Gasteiger partial charge < -0.3 is 9.84 Å². The van der Waals surface area contributed by atoms with E-state index in [2.05, 4.69) is 39.7 Å². The summed E-state index contributed by atoms with van der Waals surface area (Å²) in [5.74, 6) is 1.31. The predicted octanol–water partition coefficient (Wildman–Crippen LogP) is 3.30. The SMILES string of the molecule is c1ccc(Cc2noc(-c3ccc4c(c3)CCN4)n2)cc1. The van der Waals surface area contributed by atoms with Crippen molar-refractivity contribution in [3.05, 3.63) is 65.5 Å². The quantitative estimate of drug-likeness (QED) is 0.798. The summed E-state index contributed by atoms with van der Waals surface area (Å²) in [4.78, 5) is 4.50. The molecule has 0 radical (unpaired) electrons. The van der Waals surface area contributed by atoms with Crippen molar-refractivity contribution in [1.82, 2.24) is 10.1 Å². The second kappa shape index (κ2) is 5.05. The Hall–Kier alpha value is -2.62. The fraction of sp³-hybridized carbons (Fsp3) is 0.176. The molecule has 4 nitrogen and oxygen atoms in total. The van der Waals surface area contributed by atoms with Crippen LogP contribution in [0.4, 0.5) is 5.69 Å². The smallest absolute Gasteiger partial charge is 0.257 e. The monoisotopic (exact) mass is 277 g/mol.